The van der Waals surface area contributed by atoms with E-state index in [0.717, 1.165) is 31.2 Å². The van der Waals surface area contributed by atoms with E-state index in [-0.39, 0.29) is 18.0 Å². The van der Waals surface area contributed by atoms with Crippen molar-refractivity contribution in [3.8, 4) is 17.0 Å². The Balaban J connectivity index is 0.000000784. The summed E-state index contributed by atoms with van der Waals surface area (Å²) in [5.74, 6) is -0.732. The minimum Gasteiger partial charge on any atom is -0.490 e. The molecule has 5 rings (SSSR count). The third-order valence-corrected chi connectivity index (χ3v) is 7.49. The minimum absolute atomic E-state index is 0.180. The first-order valence-corrected chi connectivity index (χ1v) is 16.6. The van der Waals surface area contributed by atoms with Gasteiger partial charge in [-0.1, -0.05) is 69.5 Å². The molecule has 2 aromatic heterocycles. The van der Waals surface area contributed by atoms with Crippen LogP contribution in [-0.2, 0) is 24.2 Å². The number of aliphatic carboxylic acids is 1. The van der Waals surface area contributed by atoms with E-state index < -0.39 is 11.6 Å². The van der Waals surface area contributed by atoms with Gasteiger partial charge in [-0.25, -0.2) is 9.50 Å². The SMILES string of the molecule is CC.CC(C)(C)O.CCCCCc1ccccc1CNC(=O)c1cc2nc(C)c(CC(=O)O)c(-c3ccc4c(c3Cl)NCCO4)n2n1. The number of carbonyl (C=O) groups excluding carboxylic acids is 1. The number of carboxylic acid groups (broad SMARTS) is 1. The van der Waals surface area contributed by atoms with Gasteiger partial charge in [0.15, 0.2) is 11.3 Å². The highest BCUT2D eigenvalue weighted by Crippen LogP contribution is 2.42. The normalized spacial score (nSPS) is 12.0. The van der Waals surface area contributed by atoms with Crippen LogP contribution in [0.4, 0.5) is 5.69 Å². The molecule has 0 fully saturated rings. The second-order valence-electron chi connectivity index (χ2n) is 12.0. The number of anilines is 1. The third-order valence-electron chi connectivity index (χ3n) is 7.10. The maximum atomic E-state index is 13.3. The van der Waals surface area contributed by atoms with E-state index in [1.54, 1.807) is 45.9 Å². The van der Waals surface area contributed by atoms with Crippen molar-refractivity contribution >= 4 is 34.8 Å². The zero-order valence-electron chi connectivity index (χ0n) is 28.5. The molecule has 0 spiro atoms. The van der Waals surface area contributed by atoms with E-state index in [1.165, 1.54) is 10.1 Å². The molecule has 1 aliphatic rings. The molecule has 11 heteroatoms. The largest absolute Gasteiger partial charge is 0.490 e. The number of carbonyl (C=O) groups is 2. The molecular weight excluding hydrogens is 618 g/mol. The van der Waals surface area contributed by atoms with Gasteiger partial charge >= 0.3 is 5.97 Å². The summed E-state index contributed by atoms with van der Waals surface area (Å²) in [6, 6.07) is 13.3. The standard InChI is InChI=1S/C30H32ClN5O4.C4H10O.C2H6/c1-3-4-5-8-19-9-6-7-10-20(19)17-33-30(39)23-16-25-34-18(2)22(15-26(37)38)29(36(25)35-23)21-11-12-24-28(27(21)31)32-13-14-40-24;1-4(2,3)5;1-2/h6-7,9-12,16,32H,3-5,8,13-15,17H2,1-2H3,(H,33,39)(H,37,38);5H,1-3H3;1-2H3. The van der Waals surface area contributed by atoms with Crippen molar-refractivity contribution in [3.05, 3.63) is 75.6 Å². The highest BCUT2D eigenvalue weighted by atomic mass is 35.5. The van der Waals surface area contributed by atoms with Crippen molar-refractivity contribution in [2.45, 2.75) is 92.7 Å². The molecular formula is C36H48ClN5O5. The predicted octanol–water partition coefficient (Wildman–Crippen LogP) is 7.26. The van der Waals surface area contributed by atoms with Crippen molar-refractivity contribution in [3.63, 3.8) is 0 Å². The maximum absolute atomic E-state index is 13.3. The average molecular weight is 666 g/mol. The molecule has 0 radical (unpaired) electrons. The molecule has 2 aromatic carbocycles. The third kappa shape index (κ3) is 10.2. The first kappa shape index (κ1) is 37.3. The van der Waals surface area contributed by atoms with Crippen molar-refractivity contribution in [1.82, 2.24) is 19.9 Å². The highest BCUT2D eigenvalue weighted by Gasteiger charge is 2.25. The average Bonchev–Trinajstić information content (AvgIpc) is 3.45. The van der Waals surface area contributed by atoms with Crippen LogP contribution >= 0.6 is 11.6 Å². The van der Waals surface area contributed by atoms with Gasteiger partial charge < -0.3 is 25.6 Å². The molecule has 0 aliphatic carbocycles. The second-order valence-corrected chi connectivity index (χ2v) is 12.4. The van der Waals surface area contributed by atoms with E-state index in [0.29, 0.717) is 64.3 Å². The van der Waals surface area contributed by atoms with Gasteiger partial charge in [0.25, 0.3) is 5.91 Å². The van der Waals surface area contributed by atoms with Gasteiger partial charge in [0.05, 0.1) is 28.4 Å². The van der Waals surface area contributed by atoms with Gasteiger partial charge in [-0.3, -0.25) is 9.59 Å². The van der Waals surface area contributed by atoms with Gasteiger partial charge in [-0.2, -0.15) is 5.10 Å². The number of ether oxygens (including phenoxy) is 1. The second kappa shape index (κ2) is 17.1. The lowest BCUT2D eigenvalue weighted by Crippen LogP contribution is -2.24. The molecule has 4 N–H and O–H groups in total. The summed E-state index contributed by atoms with van der Waals surface area (Å²) in [5.41, 5.74) is 5.08. The lowest BCUT2D eigenvalue weighted by Gasteiger charge is -2.22. The molecule has 0 saturated carbocycles. The van der Waals surface area contributed by atoms with E-state index in [9.17, 15) is 14.7 Å². The van der Waals surface area contributed by atoms with Crippen molar-refractivity contribution in [2.24, 2.45) is 0 Å². The lowest BCUT2D eigenvalue weighted by atomic mass is 10.0. The zero-order valence-corrected chi connectivity index (χ0v) is 29.3. The van der Waals surface area contributed by atoms with Gasteiger partial charge in [0.1, 0.15) is 12.4 Å². The fourth-order valence-corrected chi connectivity index (χ4v) is 5.39. The summed E-state index contributed by atoms with van der Waals surface area (Å²) < 4.78 is 7.22. The molecule has 3 heterocycles. The maximum Gasteiger partial charge on any atom is 0.307 e. The van der Waals surface area contributed by atoms with Gasteiger partial charge in [-0.15, -0.1) is 0 Å². The fourth-order valence-electron chi connectivity index (χ4n) is 5.07. The Labute approximate surface area is 282 Å². The Morgan fingerprint density at radius 3 is 2.45 bits per heavy atom. The molecule has 47 heavy (non-hydrogen) atoms. The molecule has 1 aliphatic heterocycles. The van der Waals surface area contributed by atoms with Gasteiger partial charge in [0.2, 0.25) is 0 Å². The van der Waals surface area contributed by atoms with Crippen molar-refractivity contribution < 1.29 is 24.5 Å². The Kier molecular flexibility index (Phi) is 13.6. The van der Waals surface area contributed by atoms with E-state index >= 15 is 0 Å². The van der Waals surface area contributed by atoms with E-state index in [2.05, 4.69) is 33.7 Å². The Bertz CT molecular complexity index is 1670. The number of nitrogens with one attached hydrogen (secondary N) is 2. The summed E-state index contributed by atoms with van der Waals surface area (Å²) in [4.78, 5) is 29.6. The number of aryl methyl sites for hydroxylation is 2. The van der Waals surface area contributed by atoms with Crippen molar-refractivity contribution in [2.75, 3.05) is 18.5 Å². The van der Waals surface area contributed by atoms with Gasteiger partial charge in [-0.05, 0) is 63.8 Å². The number of benzene rings is 2. The molecule has 1 amide bonds. The van der Waals surface area contributed by atoms with Crippen LogP contribution < -0.4 is 15.4 Å². The summed E-state index contributed by atoms with van der Waals surface area (Å²) in [7, 11) is 0. The van der Waals surface area contributed by atoms with Crippen LogP contribution in [0.5, 0.6) is 5.75 Å². The van der Waals surface area contributed by atoms with E-state index in [1.807, 2.05) is 32.0 Å². The van der Waals surface area contributed by atoms with Crippen LogP contribution in [0.3, 0.4) is 0 Å². The zero-order chi connectivity index (χ0) is 34.7. The topological polar surface area (TPSA) is 138 Å². The molecule has 10 nitrogen and oxygen atoms in total. The number of hydrogen-bond donors (Lipinski definition) is 4. The highest BCUT2D eigenvalue weighted by molar-refractivity contribution is 6.36. The Morgan fingerprint density at radius 1 is 1.11 bits per heavy atom. The summed E-state index contributed by atoms with van der Waals surface area (Å²) >= 11 is 6.84. The summed E-state index contributed by atoms with van der Waals surface area (Å²) in [6.45, 7) is 14.6. The number of fused-ring (bicyclic) bond motifs is 2. The first-order chi connectivity index (χ1) is 22.4. The van der Waals surface area contributed by atoms with Crippen LogP contribution in [0.15, 0.2) is 42.5 Å². The fraction of sp³-hybridized carbons (Fsp3) is 0.444. The molecule has 0 bridgehead atoms. The minimum atomic E-state index is -1.01. The van der Waals surface area contributed by atoms with Crippen LogP contribution in [0, 0.1) is 6.92 Å². The molecule has 4 aromatic rings. The quantitative estimate of drug-likeness (QED) is 0.130. The molecule has 0 saturated heterocycles. The number of unbranched alkanes of at least 4 members (excludes halogenated alkanes) is 2. The van der Waals surface area contributed by atoms with Crippen LogP contribution in [0.1, 0.15) is 93.7 Å². The molecule has 0 unspecified atom stereocenters. The van der Waals surface area contributed by atoms with Crippen molar-refractivity contribution in [1.29, 1.82) is 0 Å². The summed E-state index contributed by atoms with van der Waals surface area (Å²) in [6.07, 6.45) is 4.11. The number of hydrogen-bond acceptors (Lipinski definition) is 7. The smallest absolute Gasteiger partial charge is 0.307 e. The number of nitrogens with zero attached hydrogens (tertiary/aromatic N) is 3. The number of amides is 1. The van der Waals surface area contributed by atoms with E-state index in [4.69, 9.17) is 21.4 Å². The number of aliphatic hydroxyl groups is 1. The van der Waals surface area contributed by atoms with Crippen LogP contribution in [-0.4, -0.2) is 55.4 Å². The lowest BCUT2D eigenvalue weighted by molar-refractivity contribution is -0.136. The van der Waals surface area contributed by atoms with Crippen LogP contribution in [0.2, 0.25) is 5.02 Å². The number of aromatic nitrogens is 3. The first-order valence-electron chi connectivity index (χ1n) is 16.2. The monoisotopic (exact) mass is 665 g/mol. The number of rotatable bonds is 10. The van der Waals surface area contributed by atoms with Crippen LogP contribution in [0.25, 0.3) is 16.9 Å². The molecule has 0 atom stereocenters. The predicted molar refractivity (Wildman–Crippen MR) is 188 cm³/mol. The van der Waals surface area contributed by atoms with Gasteiger partial charge in [0, 0.05) is 36.0 Å². The Hall–Kier alpha value is -4.15. The number of halogens is 1. The summed E-state index contributed by atoms with van der Waals surface area (Å²) in [5, 5.41) is 29.4. The molecule has 254 valence electrons. The number of carboxylic acids is 1. The Morgan fingerprint density at radius 2 is 1.79 bits per heavy atom.